The number of anilines is 3. The second-order valence-corrected chi connectivity index (χ2v) is 11.3. The fraction of sp³-hybridized carbons (Fsp3) is 0.478. The van der Waals surface area contributed by atoms with Crippen LogP contribution in [0, 0.1) is 0 Å². The molecule has 5 rings (SSSR count). The van der Waals surface area contributed by atoms with E-state index < -0.39 is 15.6 Å². The molecule has 0 radical (unpaired) electrons. The van der Waals surface area contributed by atoms with Crippen LogP contribution in [0.1, 0.15) is 44.7 Å². The number of nitrogens with zero attached hydrogens (tertiary/aromatic N) is 5. The van der Waals surface area contributed by atoms with Gasteiger partial charge in [0, 0.05) is 42.1 Å². The van der Waals surface area contributed by atoms with Gasteiger partial charge in [-0.15, -0.1) is 0 Å². The first-order valence-electron chi connectivity index (χ1n) is 11.9. The molecule has 36 heavy (non-hydrogen) atoms. The summed E-state index contributed by atoms with van der Waals surface area (Å²) in [5.74, 6) is 1.73. The van der Waals surface area contributed by atoms with Crippen molar-refractivity contribution in [1.82, 2.24) is 29.5 Å². The number of aliphatic hydroxyl groups is 1. The van der Waals surface area contributed by atoms with Gasteiger partial charge in [-0.25, -0.2) is 8.42 Å². The van der Waals surface area contributed by atoms with Crippen LogP contribution in [0.4, 0.5) is 17.6 Å². The van der Waals surface area contributed by atoms with Crippen molar-refractivity contribution in [1.29, 1.82) is 0 Å². The lowest BCUT2D eigenvalue weighted by Gasteiger charge is -2.54. The summed E-state index contributed by atoms with van der Waals surface area (Å²) < 4.78 is 34.3. The first-order valence-corrected chi connectivity index (χ1v) is 13.3. The molecular weight excluding hydrogens is 484 g/mol. The first kappa shape index (κ1) is 24.4. The average molecular weight is 515 g/mol. The smallest absolute Gasteiger partial charge is 0.245 e. The van der Waals surface area contributed by atoms with Crippen molar-refractivity contribution in [2.45, 2.75) is 68.2 Å². The van der Waals surface area contributed by atoms with E-state index in [1.54, 1.807) is 34.8 Å². The monoisotopic (exact) mass is 514 g/mol. The molecular formula is C23H30N8O4S. The highest BCUT2D eigenvalue weighted by Gasteiger charge is 2.52. The minimum Gasteiger partial charge on any atom is -0.481 e. The third kappa shape index (κ3) is 4.73. The zero-order valence-corrected chi connectivity index (χ0v) is 21.0. The van der Waals surface area contributed by atoms with Crippen LogP contribution in [-0.2, 0) is 16.6 Å². The highest BCUT2D eigenvalue weighted by Crippen LogP contribution is 2.45. The molecule has 3 atom stereocenters. The molecule has 3 unspecified atom stereocenters. The van der Waals surface area contributed by atoms with E-state index in [1.165, 1.54) is 13.3 Å². The third-order valence-electron chi connectivity index (χ3n) is 6.85. The van der Waals surface area contributed by atoms with Gasteiger partial charge in [-0.2, -0.15) is 19.4 Å². The Balaban J connectivity index is 1.37. The lowest BCUT2D eigenvalue weighted by molar-refractivity contribution is 0.0405. The number of aliphatic hydroxyl groups excluding tert-OH is 1. The van der Waals surface area contributed by atoms with Gasteiger partial charge in [-0.1, -0.05) is 0 Å². The molecule has 5 heterocycles. The SMILES string of the molecule is COc1cc(Nc2cc(CO)[nH]n2)nc(NC2CC3CCCC(C)(C2)N3S(=O)(=O)c2cccnc2)n1. The summed E-state index contributed by atoms with van der Waals surface area (Å²) in [4.78, 5) is 13.3. The highest BCUT2D eigenvalue weighted by molar-refractivity contribution is 7.89. The Morgan fingerprint density at radius 1 is 1.31 bits per heavy atom. The van der Waals surface area contributed by atoms with Gasteiger partial charge in [0.05, 0.1) is 19.4 Å². The Kier molecular flexibility index (Phi) is 6.53. The number of ether oxygens (including phenoxy) is 1. The number of aromatic amines is 1. The van der Waals surface area contributed by atoms with Crippen molar-refractivity contribution in [3.63, 3.8) is 0 Å². The maximum atomic E-state index is 13.6. The number of H-pyrrole nitrogens is 1. The van der Waals surface area contributed by atoms with Gasteiger partial charge >= 0.3 is 0 Å². The highest BCUT2D eigenvalue weighted by atomic mass is 32.2. The number of aromatic nitrogens is 5. The predicted molar refractivity (Wildman–Crippen MR) is 132 cm³/mol. The molecule has 3 aromatic rings. The molecule has 2 aliphatic heterocycles. The minimum absolute atomic E-state index is 0.0213. The average Bonchev–Trinajstić information content (AvgIpc) is 3.31. The number of methoxy groups -OCH3 is 1. The second kappa shape index (κ2) is 9.64. The summed E-state index contributed by atoms with van der Waals surface area (Å²) in [6.07, 6.45) is 6.80. The molecule has 2 fully saturated rings. The number of nitrogens with one attached hydrogen (secondary N) is 3. The predicted octanol–water partition coefficient (Wildman–Crippen LogP) is 2.42. The molecule has 13 heteroatoms. The fourth-order valence-corrected chi connectivity index (χ4v) is 7.42. The Hall–Kier alpha value is -3.29. The Labute approximate surface area is 209 Å². The Morgan fingerprint density at radius 2 is 2.17 bits per heavy atom. The number of sulfonamides is 1. The molecule has 2 aliphatic rings. The van der Waals surface area contributed by atoms with Gasteiger partial charge in [0.1, 0.15) is 10.7 Å². The van der Waals surface area contributed by atoms with Crippen molar-refractivity contribution in [2.75, 3.05) is 17.7 Å². The summed E-state index contributed by atoms with van der Waals surface area (Å²) in [7, 11) is -2.14. The van der Waals surface area contributed by atoms with Crippen molar-refractivity contribution >= 4 is 27.6 Å². The van der Waals surface area contributed by atoms with E-state index in [0.29, 0.717) is 42.0 Å². The van der Waals surface area contributed by atoms with E-state index in [9.17, 15) is 13.5 Å². The number of piperidine rings is 2. The standard InChI is InChI=1S/C23H30N8O4S/c1-23-7-3-5-17(31(23)36(33,34)18-6-4-8-24-13-18)9-15(12-23)25-22-27-19(11-21(28-22)35-2)26-20-10-16(14-32)29-30-20/h4,6,8,10-11,13,15,17,32H,3,5,7,9,12,14H2,1-2H3,(H3,25,26,27,28,29,30). The fourth-order valence-electron chi connectivity index (χ4n) is 5.42. The van der Waals surface area contributed by atoms with Crippen LogP contribution in [0.5, 0.6) is 5.88 Å². The zero-order valence-electron chi connectivity index (χ0n) is 20.2. The number of fused-ring (bicyclic) bond motifs is 2. The van der Waals surface area contributed by atoms with E-state index in [4.69, 9.17) is 4.74 Å². The lowest BCUT2D eigenvalue weighted by Crippen LogP contribution is -2.63. The normalized spacial score (nSPS) is 24.3. The van der Waals surface area contributed by atoms with Crippen LogP contribution in [0.25, 0.3) is 0 Å². The van der Waals surface area contributed by atoms with Gasteiger partial charge in [0.25, 0.3) is 0 Å². The summed E-state index contributed by atoms with van der Waals surface area (Å²) in [6.45, 7) is 1.88. The van der Waals surface area contributed by atoms with Crippen LogP contribution in [0.15, 0.2) is 41.6 Å². The lowest BCUT2D eigenvalue weighted by atomic mass is 9.75. The van der Waals surface area contributed by atoms with Crippen LogP contribution in [-0.4, -0.2) is 67.7 Å². The van der Waals surface area contributed by atoms with Crippen molar-refractivity contribution in [3.05, 3.63) is 42.4 Å². The second-order valence-electron chi connectivity index (χ2n) is 9.49. The Bertz CT molecular complexity index is 1320. The van der Waals surface area contributed by atoms with Gasteiger partial charge in [-0.3, -0.25) is 10.1 Å². The quantitative estimate of drug-likeness (QED) is 0.352. The van der Waals surface area contributed by atoms with Gasteiger partial charge < -0.3 is 20.5 Å². The zero-order chi connectivity index (χ0) is 25.3. The number of rotatable bonds is 8. The maximum absolute atomic E-state index is 13.6. The van der Waals surface area contributed by atoms with Gasteiger partial charge in [0.15, 0.2) is 5.82 Å². The van der Waals surface area contributed by atoms with Crippen LogP contribution in [0.3, 0.4) is 0 Å². The van der Waals surface area contributed by atoms with E-state index >= 15 is 0 Å². The minimum atomic E-state index is -3.67. The Morgan fingerprint density at radius 3 is 2.86 bits per heavy atom. The van der Waals surface area contributed by atoms with Crippen LogP contribution >= 0.6 is 0 Å². The molecule has 0 amide bonds. The number of pyridine rings is 1. The van der Waals surface area contributed by atoms with Crippen molar-refractivity contribution in [3.8, 4) is 5.88 Å². The molecule has 4 N–H and O–H groups in total. The van der Waals surface area contributed by atoms with E-state index in [1.807, 2.05) is 6.92 Å². The summed E-state index contributed by atoms with van der Waals surface area (Å²) >= 11 is 0. The molecule has 0 aromatic carbocycles. The third-order valence-corrected chi connectivity index (χ3v) is 8.95. The summed E-state index contributed by atoms with van der Waals surface area (Å²) in [5.41, 5.74) is 0.0353. The molecule has 192 valence electrons. The van der Waals surface area contributed by atoms with Gasteiger partial charge in [0.2, 0.25) is 21.9 Å². The molecule has 0 saturated carbocycles. The molecule has 0 aliphatic carbocycles. The van der Waals surface area contributed by atoms with E-state index in [2.05, 4.69) is 35.8 Å². The van der Waals surface area contributed by atoms with E-state index in [-0.39, 0.29) is 23.6 Å². The number of hydrogen-bond donors (Lipinski definition) is 4. The number of hydrogen-bond acceptors (Lipinski definition) is 10. The topological polar surface area (TPSA) is 158 Å². The van der Waals surface area contributed by atoms with E-state index in [0.717, 1.165) is 19.3 Å². The summed E-state index contributed by atoms with van der Waals surface area (Å²) in [5, 5.41) is 22.6. The summed E-state index contributed by atoms with van der Waals surface area (Å²) in [6, 6.07) is 6.43. The van der Waals surface area contributed by atoms with Crippen LogP contribution in [0.2, 0.25) is 0 Å². The molecule has 12 nitrogen and oxygen atoms in total. The van der Waals surface area contributed by atoms with Crippen LogP contribution < -0.4 is 15.4 Å². The maximum Gasteiger partial charge on any atom is 0.245 e. The van der Waals surface area contributed by atoms with Gasteiger partial charge in [-0.05, 0) is 51.2 Å². The largest absolute Gasteiger partial charge is 0.481 e. The first-order chi connectivity index (χ1) is 17.3. The molecule has 0 spiro atoms. The van der Waals surface area contributed by atoms with Crippen molar-refractivity contribution < 1.29 is 18.3 Å². The molecule has 3 aromatic heterocycles. The van der Waals surface area contributed by atoms with Crippen molar-refractivity contribution in [2.24, 2.45) is 0 Å². The molecule has 2 saturated heterocycles. The molecule has 2 bridgehead atoms.